The van der Waals surface area contributed by atoms with Crippen LogP contribution in [0.15, 0.2) is 18.2 Å². The summed E-state index contributed by atoms with van der Waals surface area (Å²) in [5.41, 5.74) is 0.180. The van der Waals surface area contributed by atoms with E-state index in [1.165, 1.54) is 4.90 Å². The minimum absolute atomic E-state index is 0.0425. The van der Waals surface area contributed by atoms with E-state index >= 15 is 0 Å². The highest BCUT2D eigenvalue weighted by atomic mass is 35.5. The number of nitrogens with zero attached hydrogens (tertiary/aromatic N) is 1. The van der Waals surface area contributed by atoms with E-state index in [0.29, 0.717) is 22.9 Å². The molecule has 0 bridgehead atoms. The first-order chi connectivity index (χ1) is 11.1. The molecule has 1 aromatic carbocycles. The van der Waals surface area contributed by atoms with Crippen molar-refractivity contribution in [1.29, 1.82) is 0 Å². The number of amides is 1. The molecule has 0 spiro atoms. The molecule has 5 nitrogen and oxygen atoms in total. The second-order valence-electron chi connectivity index (χ2n) is 7.01. The number of hydrogen-bond acceptors (Lipinski definition) is 4. The highest BCUT2D eigenvalue weighted by Gasteiger charge is 2.38. The Bertz CT molecular complexity index is 642. The molecule has 24 heavy (non-hydrogen) atoms. The summed E-state index contributed by atoms with van der Waals surface area (Å²) in [7, 11) is 0. The molecule has 0 radical (unpaired) electrons. The van der Waals surface area contributed by atoms with Crippen molar-refractivity contribution in [1.82, 2.24) is 4.90 Å². The number of carboxylic acid groups (broad SMARTS) is 1. The Kier molecular flexibility index (Phi) is 5.66. The van der Waals surface area contributed by atoms with Gasteiger partial charge in [0, 0.05) is 16.6 Å². The zero-order valence-corrected chi connectivity index (χ0v) is 15.4. The van der Waals surface area contributed by atoms with Gasteiger partial charge in [0.2, 0.25) is 0 Å². The van der Waals surface area contributed by atoms with E-state index in [9.17, 15) is 14.7 Å². The van der Waals surface area contributed by atoms with Crippen LogP contribution in [0.2, 0.25) is 10.0 Å². The number of carboxylic acids is 1. The van der Waals surface area contributed by atoms with Gasteiger partial charge in [0.15, 0.2) is 0 Å². The molecule has 0 saturated carbocycles. The van der Waals surface area contributed by atoms with E-state index in [4.69, 9.17) is 27.9 Å². The van der Waals surface area contributed by atoms with Crippen molar-refractivity contribution in [2.75, 3.05) is 6.54 Å². The maximum Gasteiger partial charge on any atom is 0.410 e. The lowest BCUT2D eigenvalue weighted by molar-refractivity contribution is -0.310. The summed E-state index contributed by atoms with van der Waals surface area (Å²) in [6.07, 6.45) is 0.223. The second kappa shape index (κ2) is 7.19. The van der Waals surface area contributed by atoms with Crippen LogP contribution in [-0.4, -0.2) is 35.2 Å². The number of rotatable bonds is 3. The highest BCUT2D eigenvalue weighted by molar-refractivity contribution is 6.35. The van der Waals surface area contributed by atoms with Crippen molar-refractivity contribution in [3.8, 4) is 0 Å². The van der Waals surface area contributed by atoms with Crippen molar-refractivity contribution >= 4 is 35.3 Å². The third-order valence-corrected chi connectivity index (χ3v) is 4.40. The summed E-state index contributed by atoms with van der Waals surface area (Å²) in [6.45, 7) is 5.49. The first kappa shape index (κ1) is 18.9. The predicted octanol–water partition coefficient (Wildman–Crippen LogP) is 2.91. The molecule has 2 atom stereocenters. The number of aliphatic carboxylic acids is 1. The molecule has 132 valence electrons. The SMILES string of the molecule is CC(C)(C)OC(=O)N1C[C@H](Cc2ccc(Cl)cc2Cl)C[C@H]1C(=O)[O-]. The molecule has 1 aromatic rings. The number of likely N-dealkylation sites (tertiary alicyclic amines) is 1. The van der Waals surface area contributed by atoms with Crippen LogP contribution in [0.3, 0.4) is 0 Å². The molecule has 1 amide bonds. The summed E-state index contributed by atoms with van der Waals surface area (Å²) >= 11 is 12.1. The Labute approximate surface area is 151 Å². The number of hydrogen-bond donors (Lipinski definition) is 0. The molecule has 0 N–H and O–H groups in total. The zero-order valence-electron chi connectivity index (χ0n) is 13.8. The first-order valence-corrected chi connectivity index (χ1v) is 8.47. The fraction of sp³-hybridized carbons (Fsp3) is 0.529. The van der Waals surface area contributed by atoms with Gasteiger partial charge >= 0.3 is 6.09 Å². The maximum absolute atomic E-state index is 12.3. The van der Waals surface area contributed by atoms with Gasteiger partial charge in [0.1, 0.15) is 5.60 Å². The van der Waals surface area contributed by atoms with Gasteiger partial charge in [-0.15, -0.1) is 0 Å². The van der Waals surface area contributed by atoms with Crippen LogP contribution in [0.25, 0.3) is 0 Å². The molecule has 1 heterocycles. The molecule has 0 aromatic heterocycles. The largest absolute Gasteiger partial charge is 0.548 e. The van der Waals surface area contributed by atoms with Crippen LogP contribution in [0.5, 0.6) is 0 Å². The standard InChI is InChI=1S/C17H21Cl2NO4/c1-17(2,3)24-16(23)20-9-10(7-14(20)15(21)22)6-11-4-5-12(18)8-13(11)19/h4-5,8,10,14H,6-7,9H2,1-3H3,(H,21,22)/p-1/t10-,14+/m1/s1. The van der Waals surface area contributed by atoms with E-state index in [0.717, 1.165) is 5.56 Å². The van der Waals surface area contributed by atoms with E-state index in [2.05, 4.69) is 0 Å². The Morgan fingerprint density at radius 1 is 1.33 bits per heavy atom. The molecule has 7 heteroatoms. The average Bonchev–Trinajstić information content (AvgIpc) is 2.84. The van der Waals surface area contributed by atoms with Crippen molar-refractivity contribution in [3.63, 3.8) is 0 Å². The summed E-state index contributed by atoms with van der Waals surface area (Å²) in [6, 6.07) is 4.21. The molecule has 0 aliphatic carbocycles. The number of ether oxygens (including phenoxy) is 1. The second-order valence-corrected chi connectivity index (χ2v) is 7.85. The molecule has 1 saturated heterocycles. The lowest BCUT2D eigenvalue weighted by Crippen LogP contribution is -2.48. The molecule has 1 aliphatic rings. The molecule has 1 fully saturated rings. The van der Waals surface area contributed by atoms with Gasteiger partial charge in [0.05, 0.1) is 12.0 Å². The van der Waals surface area contributed by atoms with Crippen molar-refractivity contribution in [3.05, 3.63) is 33.8 Å². The van der Waals surface area contributed by atoms with Crippen molar-refractivity contribution in [2.45, 2.75) is 45.3 Å². The van der Waals surface area contributed by atoms with Gasteiger partial charge in [-0.25, -0.2) is 4.79 Å². The van der Waals surface area contributed by atoms with Crippen LogP contribution in [0.4, 0.5) is 4.79 Å². The van der Waals surface area contributed by atoms with E-state index in [-0.39, 0.29) is 12.5 Å². The van der Waals surface area contributed by atoms with Gasteiger partial charge in [-0.1, -0.05) is 29.3 Å². The van der Waals surface area contributed by atoms with Crippen LogP contribution in [0, 0.1) is 5.92 Å². The third-order valence-electron chi connectivity index (χ3n) is 3.81. The molecular weight excluding hydrogens is 353 g/mol. The number of carbonyl (C=O) groups is 2. The van der Waals surface area contributed by atoms with Gasteiger partial charge in [0.25, 0.3) is 0 Å². The monoisotopic (exact) mass is 372 g/mol. The van der Waals surface area contributed by atoms with Crippen LogP contribution < -0.4 is 5.11 Å². The quantitative estimate of drug-likeness (QED) is 0.817. The molecule has 2 rings (SSSR count). The summed E-state index contributed by atoms with van der Waals surface area (Å²) in [4.78, 5) is 24.9. The minimum atomic E-state index is -1.27. The zero-order chi connectivity index (χ0) is 18.1. The van der Waals surface area contributed by atoms with Crippen LogP contribution in [-0.2, 0) is 16.0 Å². The van der Waals surface area contributed by atoms with E-state index in [1.54, 1.807) is 32.9 Å². The van der Waals surface area contributed by atoms with Crippen molar-refractivity contribution < 1.29 is 19.4 Å². The fourth-order valence-electron chi connectivity index (χ4n) is 2.81. The predicted molar refractivity (Wildman–Crippen MR) is 90.0 cm³/mol. The Morgan fingerprint density at radius 3 is 2.54 bits per heavy atom. The average molecular weight is 373 g/mol. The lowest BCUT2D eigenvalue weighted by atomic mass is 9.97. The number of benzene rings is 1. The molecule has 1 aliphatic heterocycles. The van der Waals surface area contributed by atoms with Crippen LogP contribution >= 0.6 is 23.2 Å². The highest BCUT2D eigenvalue weighted by Crippen LogP contribution is 2.31. The van der Waals surface area contributed by atoms with Gasteiger partial charge in [-0.2, -0.15) is 0 Å². The van der Waals surface area contributed by atoms with Gasteiger partial charge in [-0.05, 0) is 57.2 Å². The fourth-order valence-corrected chi connectivity index (χ4v) is 3.30. The summed E-state index contributed by atoms with van der Waals surface area (Å²) < 4.78 is 5.29. The summed E-state index contributed by atoms with van der Waals surface area (Å²) in [5, 5.41) is 12.5. The van der Waals surface area contributed by atoms with Crippen molar-refractivity contribution in [2.24, 2.45) is 5.92 Å². The van der Waals surface area contributed by atoms with Crippen LogP contribution in [0.1, 0.15) is 32.8 Å². The molecular formula is C17H20Cl2NO4-. The number of carbonyl (C=O) groups excluding carboxylic acids is 2. The minimum Gasteiger partial charge on any atom is -0.548 e. The smallest absolute Gasteiger partial charge is 0.410 e. The van der Waals surface area contributed by atoms with Gasteiger partial charge < -0.3 is 14.6 Å². The van der Waals surface area contributed by atoms with E-state index in [1.807, 2.05) is 6.07 Å². The Hall–Kier alpha value is -1.46. The Balaban J connectivity index is 2.11. The normalized spacial score (nSPS) is 21.0. The van der Waals surface area contributed by atoms with E-state index < -0.39 is 23.7 Å². The lowest BCUT2D eigenvalue weighted by Gasteiger charge is -2.28. The Morgan fingerprint density at radius 2 is 2.00 bits per heavy atom. The first-order valence-electron chi connectivity index (χ1n) is 7.71. The third kappa shape index (κ3) is 4.77. The summed E-state index contributed by atoms with van der Waals surface area (Å²) in [5.74, 6) is -1.32. The topological polar surface area (TPSA) is 69.7 Å². The molecule has 0 unspecified atom stereocenters. The number of halogens is 2. The maximum atomic E-state index is 12.3. The van der Waals surface area contributed by atoms with Gasteiger partial charge in [-0.3, -0.25) is 4.90 Å².